The summed E-state index contributed by atoms with van der Waals surface area (Å²) in [5, 5.41) is 20.1. The molecule has 0 aliphatic heterocycles. The molecule has 1 aliphatic carbocycles. The number of carbonyl (C=O) groups is 1. The van der Waals surface area contributed by atoms with E-state index < -0.39 is 11.4 Å². The molecule has 4 nitrogen and oxygen atoms in total. The molecule has 1 fully saturated rings. The first-order valence-electron chi connectivity index (χ1n) is 7.38. The van der Waals surface area contributed by atoms with Crippen LogP contribution in [0.25, 0.3) is 0 Å². The average Bonchev–Trinajstić information content (AvgIpc) is 2.87. The van der Waals surface area contributed by atoms with Crippen LogP contribution in [-0.4, -0.2) is 23.3 Å². The second-order valence-electron chi connectivity index (χ2n) is 6.92. The number of carboxylic acids is 1. The molecule has 21 heavy (non-hydrogen) atoms. The van der Waals surface area contributed by atoms with E-state index in [4.69, 9.17) is 4.74 Å². The molecular weight excluding hydrogens is 268 g/mol. The van der Waals surface area contributed by atoms with Crippen LogP contribution in [0.2, 0.25) is 0 Å². The fourth-order valence-corrected chi connectivity index (χ4v) is 3.19. The van der Waals surface area contributed by atoms with Crippen LogP contribution < -0.4 is 4.74 Å². The second-order valence-corrected chi connectivity index (χ2v) is 6.92. The van der Waals surface area contributed by atoms with E-state index in [1.807, 2.05) is 26.8 Å². The maximum absolute atomic E-state index is 11.9. The molecule has 1 aromatic rings. The van der Waals surface area contributed by atoms with Crippen molar-refractivity contribution in [1.82, 2.24) is 0 Å². The van der Waals surface area contributed by atoms with Gasteiger partial charge < -0.3 is 14.9 Å². The normalized spacial score (nSPS) is 17.7. The van der Waals surface area contributed by atoms with E-state index in [0.29, 0.717) is 24.2 Å². The molecule has 0 atom stereocenters. The second kappa shape index (κ2) is 5.24. The molecule has 1 aromatic carbocycles. The Morgan fingerprint density at radius 3 is 2.24 bits per heavy atom. The van der Waals surface area contributed by atoms with Gasteiger partial charge in [-0.05, 0) is 29.9 Å². The zero-order valence-electron chi connectivity index (χ0n) is 13.2. The number of ether oxygens (including phenoxy) is 1. The summed E-state index contributed by atoms with van der Waals surface area (Å²) in [6.45, 7) is 6.13. The predicted molar refractivity (Wildman–Crippen MR) is 81.1 cm³/mol. The fourth-order valence-electron chi connectivity index (χ4n) is 3.19. The van der Waals surface area contributed by atoms with E-state index in [0.717, 1.165) is 18.4 Å². The third-order valence-electron chi connectivity index (χ3n) is 4.52. The highest BCUT2D eigenvalue weighted by molar-refractivity contribution is 5.83. The Bertz CT molecular complexity index is 549. The van der Waals surface area contributed by atoms with Crippen LogP contribution in [0.1, 0.15) is 57.6 Å². The van der Waals surface area contributed by atoms with Crippen molar-refractivity contribution in [2.24, 2.45) is 0 Å². The molecule has 0 spiro atoms. The molecule has 2 rings (SSSR count). The summed E-state index contributed by atoms with van der Waals surface area (Å²) in [5.74, 6) is -0.511. The number of aromatic hydroxyl groups is 1. The van der Waals surface area contributed by atoms with E-state index in [1.165, 1.54) is 7.11 Å². The lowest BCUT2D eigenvalue weighted by Gasteiger charge is -2.29. The lowest BCUT2D eigenvalue weighted by Crippen LogP contribution is -2.33. The highest BCUT2D eigenvalue weighted by Gasteiger charge is 2.45. The zero-order chi connectivity index (χ0) is 15.8. The van der Waals surface area contributed by atoms with E-state index >= 15 is 0 Å². The molecule has 0 saturated heterocycles. The predicted octanol–water partition coefficient (Wildman–Crippen LogP) is 3.59. The van der Waals surface area contributed by atoms with E-state index in [1.54, 1.807) is 6.07 Å². The summed E-state index contributed by atoms with van der Waals surface area (Å²) in [6, 6.07) is 3.57. The maximum Gasteiger partial charge on any atom is 0.314 e. The molecule has 0 radical (unpaired) electrons. The van der Waals surface area contributed by atoms with E-state index in [9.17, 15) is 15.0 Å². The quantitative estimate of drug-likeness (QED) is 0.893. The maximum atomic E-state index is 11.9. The third kappa shape index (κ3) is 2.59. The number of hydrogen-bond acceptors (Lipinski definition) is 3. The van der Waals surface area contributed by atoms with Gasteiger partial charge in [-0.25, -0.2) is 0 Å². The summed E-state index contributed by atoms with van der Waals surface area (Å²) in [7, 11) is 1.47. The standard InChI is InChI=1S/C17H24O4/c1-16(2,3)11-9-12(14(21-4)13(18)10-11)17(15(19)20)7-5-6-8-17/h9-10,18H,5-8H2,1-4H3,(H,19,20). The van der Waals surface area contributed by atoms with Crippen LogP contribution in [0, 0.1) is 0 Å². The van der Waals surface area contributed by atoms with Crippen molar-refractivity contribution in [2.45, 2.75) is 57.3 Å². The molecule has 0 unspecified atom stereocenters. The highest BCUT2D eigenvalue weighted by Crippen LogP contribution is 2.49. The Kier molecular flexibility index (Phi) is 3.91. The molecule has 1 saturated carbocycles. The number of methoxy groups -OCH3 is 1. The van der Waals surface area contributed by atoms with Crippen molar-refractivity contribution in [3.05, 3.63) is 23.3 Å². The smallest absolute Gasteiger partial charge is 0.314 e. The lowest BCUT2D eigenvalue weighted by molar-refractivity contribution is -0.143. The van der Waals surface area contributed by atoms with Gasteiger partial charge in [-0.15, -0.1) is 0 Å². The van der Waals surface area contributed by atoms with Crippen LogP contribution in [0.3, 0.4) is 0 Å². The number of rotatable bonds is 3. The largest absolute Gasteiger partial charge is 0.504 e. The Hall–Kier alpha value is -1.71. The monoisotopic (exact) mass is 292 g/mol. The fraction of sp³-hybridized carbons (Fsp3) is 0.588. The van der Waals surface area contributed by atoms with Gasteiger partial charge in [-0.3, -0.25) is 4.79 Å². The van der Waals surface area contributed by atoms with Gasteiger partial charge in [0.25, 0.3) is 0 Å². The van der Waals surface area contributed by atoms with E-state index in [-0.39, 0.29) is 11.2 Å². The van der Waals surface area contributed by atoms with Crippen LogP contribution in [0.5, 0.6) is 11.5 Å². The SMILES string of the molecule is COc1c(O)cc(C(C)(C)C)cc1C1(C(=O)O)CCCC1. The molecule has 0 aromatic heterocycles. The van der Waals surface area contributed by atoms with Gasteiger partial charge in [0.2, 0.25) is 0 Å². The van der Waals surface area contributed by atoms with Crippen molar-refractivity contribution in [3.63, 3.8) is 0 Å². The van der Waals surface area contributed by atoms with Gasteiger partial charge in [0.15, 0.2) is 11.5 Å². The van der Waals surface area contributed by atoms with Crippen molar-refractivity contribution >= 4 is 5.97 Å². The topological polar surface area (TPSA) is 66.8 Å². The number of phenols is 1. The first-order chi connectivity index (χ1) is 9.72. The summed E-state index contributed by atoms with van der Waals surface area (Å²) >= 11 is 0. The molecular formula is C17H24O4. The van der Waals surface area contributed by atoms with Crippen LogP contribution >= 0.6 is 0 Å². The molecule has 1 aliphatic rings. The molecule has 0 bridgehead atoms. The zero-order valence-corrected chi connectivity index (χ0v) is 13.2. The van der Waals surface area contributed by atoms with Gasteiger partial charge in [-0.1, -0.05) is 39.7 Å². The summed E-state index contributed by atoms with van der Waals surface area (Å²) in [4.78, 5) is 11.9. The number of aliphatic carboxylic acids is 1. The van der Waals surface area contributed by atoms with Crippen LogP contribution in [0.4, 0.5) is 0 Å². The van der Waals surface area contributed by atoms with Crippen LogP contribution in [0.15, 0.2) is 12.1 Å². The summed E-state index contributed by atoms with van der Waals surface area (Å²) < 4.78 is 5.32. The minimum Gasteiger partial charge on any atom is -0.504 e. The first kappa shape index (κ1) is 15.7. The van der Waals surface area contributed by atoms with Gasteiger partial charge >= 0.3 is 5.97 Å². The minimum atomic E-state index is -0.940. The first-order valence-corrected chi connectivity index (χ1v) is 7.38. The Balaban J connectivity index is 2.71. The molecule has 0 amide bonds. The van der Waals surface area contributed by atoms with Gasteiger partial charge in [0.1, 0.15) is 0 Å². The van der Waals surface area contributed by atoms with Crippen molar-refractivity contribution in [2.75, 3.05) is 7.11 Å². The van der Waals surface area contributed by atoms with Crippen molar-refractivity contribution in [3.8, 4) is 11.5 Å². The number of phenolic OH excluding ortho intramolecular Hbond substituents is 1. The summed E-state index contributed by atoms with van der Waals surface area (Å²) in [6.07, 6.45) is 2.95. The van der Waals surface area contributed by atoms with Crippen molar-refractivity contribution in [1.29, 1.82) is 0 Å². The van der Waals surface area contributed by atoms with Gasteiger partial charge in [0.05, 0.1) is 12.5 Å². The Morgan fingerprint density at radius 1 is 1.24 bits per heavy atom. The van der Waals surface area contributed by atoms with Gasteiger partial charge in [0, 0.05) is 5.56 Å². The Labute approximate surface area is 125 Å². The molecule has 116 valence electrons. The van der Waals surface area contributed by atoms with Crippen molar-refractivity contribution < 1.29 is 19.7 Å². The average molecular weight is 292 g/mol. The van der Waals surface area contributed by atoms with Crippen LogP contribution in [-0.2, 0) is 15.6 Å². The van der Waals surface area contributed by atoms with E-state index in [2.05, 4.69) is 0 Å². The van der Waals surface area contributed by atoms with Gasteiger partial charge in [-0.2, -0.15) is 0 Å². The molecule has 2 N–H and O–H groups in total. The minimum absolute atomic E-state index is 0.0208. The number of carboxylic acid groups (broad SMARTS) is 1. The summed E-state index contributed by atoms with van der Waals surface area (Å²) in [5.41, 5.74) is 0.421. The Morgan fingerprint density at radius 2 is 1.81 bits per heavy atom. The third-order valence-corrected chi connectivity index (χ3v) is 4.52. The number of benzene rings is 1. The molecule has 4 heteroatoms. The lowest BCUT2D eigenvalue weighted by atomic mass is 9.75. The number of hydrogen-bond donors (Lipinski definition) is 2. The highest BCUT2D eigenvalue weighted by atomic mass is 16.5. The molecule has 0 heterocycles.